The molecule has 5 rings (SSSR count). The molecular formula is C36H52N6O6. The Balaban J connectivity index is 1.31. The van der Waals surface area contributed by atoms with Crippen LogP contribution in [0, 0.1) is 34.0 Å². The number of imide groups is 1. The molecule has 0 radical (unpaired) electrons. The number of hydrogen-bond donors (Lipinski definition) is 4. The smallest absolute Gasteiger partial charge is 0.315 e. The standard InChI is InChI=1S/C36H52N6O6/c1-34(2,3)24(18-42-30(45)20-14-9-10-15-21(20)31(42)46)39-33(48)40-27(35(4,5)6)32(47)41-17-22-25(36(22,7)8)26(41)29(44)38-23(28(37)43)16-19-12-11-13-19/h9-10,14-15,19,22-27H,11-13,16-18H2,1-8H3,(H2,37,43)(H,38,44)(H2,39,40,48)/t22-,23?,24+,25-,26-,27+/m0/s1. The maximum Gasteiger partial charge on any atom is 0.315 e. The predicted octanol–water partition coefficient (Wildman–Crippen LogP) is 3.05. The molecule has 2 saturated carbocycles. The Morgan fingerprint density at radius 1 is 0.917 bits per heavy atom. The molecule has 1 aromatic rings. The van der Waals surface area contributed by atoms with Gasteiger partial charge in [0.2, 0.25) is 17.7 Å². The first-order valence-electron chi connectivity index (χ1n) is 17.2. The minimum absolute atomic E-state index is 0.0495. The number of fused-ring (bicyclic) bond motifs is 2. The van der Waals surface area contributed by atoms with Crippen LogP contribution in [0.1, 0.15) is 102 Å². The maximum absolute atomic E-state index is 14.4. The molecule has 262 valence electrons. The molecule has 4 aliphatic rings. The van der Waals surface area contributed by atoms with E-state index in [9.17, 15) is 28.8 Å². The van der Waals surface area contributed by atoms with Crippen molar-refractivity contribution in [3.05, 3.63) is 35.4 Å². The van der Waals surface area contributed by atoms with Crippen LogP contribution in [0.25, 0.3) is 0 Å². The van der Waals surface area contributed by atoms with Gasteiger partial charge in [-0.3, -0.25) is 28.9 Å². The molecule has 2 aliphatic carbocycles. The lowest BCUT2D eigenvalue weighted by Gasteiger charge is -2.39. The highest BCUT2D eigenvalue weighted by Gasteiger charge is 2.70. The van der Waals surface area contributed by atoms with E-state index in [2.05, 4.69) is 29.8 Å². The van der Waals surface area contributed by atoms with Gasteiger partial charge < -0.3 is 26.6 Å². The minimum Gasteiger partial charge on any atom is -0.368 e. The van der Waals surface area contributed by atoms with Gasteiger partial charge in [0.05, 0.1) is 23.7 Å². The number of urea groups is 1. The molecule has 5 N–H and O–H groups in total. The van der Waals surface area contributed by atoms with Gasteiger partial charge in [0.25, 0.3) is 11.8 Å². The SMILES string of the molecule is CC(C)(C)[C@H](NC(=O)N[C@H](CN1C(=O)c2ccccc2C1=O)C(C)(C)C)C(=O)N1C[C@H]2[C@@H]([C@H]1C(=O)NC(CC1CCC1)C(N)=O)C2(C)C. The predicted molar refractivity (Wildman–Crippen MR) is 179 cm³/mol. The lowest BCUT2D eigenvalue weighted by Crippen LogP contribution is -2.63. The normalized spacial score (nSPS) is 25.0. The number of nitrogens with one attached hydrogen (secondary N) is 3. The fourth-order valence-electron chi connectivity index (χ4n) is 7.65. The van der Waals surface area contributed by atoms with E-state index in [0.717, 1.165) is 24.2 Å². The summed E-state index contributed by atoms with van der Waals surface area (Å²) in [5.41, 5.74) is 4.90. The topological polar surface area (TPSA) is 171 Å². The largest absolute Gasteiger partial charge is 0.368 e. The van der Waals surface area contributed by atoms with Gasteiger partial charge >= 0.3 is 6.03 Å². The second-order valence-electron chi connectivity index (χ2n) is 17.0. The quantitative estimate of drug-likeness (QED) is 0.280. The van der Waals surface area contributed by atoms with Gasteiger partial charge in [0, 0.05) is 6.54 Å². The van der Waals surface area contributed by atoms with E-state index in [-0.39, 0.29) is 29.7 Å². The summed E-state index contributed by atoms with van der Waals surface area (Å²) in [5.74, 6) is -1.83. The first kappa shape index (κ1) is 35.3. The molecule has 2 aliphatic heterocycles. The number of nitrogens with zero attached hydrogens (tertiary/aromatic N) is 2. The molecule has 1 aromatic carbocycles. The second kappa shape index (κ2) is 12.5. The van der Waals surface area contributed by atoms with Crippen molar-refractivity contribution in [2.24, 2.45) is 39.7 Å². The lowest BCUT2D eigenvalue weighted by atomic mass is 9.80. The van der Waals surface area contributed by atoms with Crippen LogP contribution in [-0.2, 0) is 14.4 Å². The van der Waals surface area contributed by atoms with Gasteiger partial charge in [-0.2, -0.15) is 0 Å². The minimum atomic E-state index is -1.00. The summed E-state index contributed by atoms with van der Waals surface area (Å²) in [5, 5.41) is 8.69. The summed E-state index contributed by atoms with van der Waals surface area (Å²) in [6.45, 7) is 15.7. The van der Waals surface area contributed by atoms with E-state index in [4.69, 9.17) is 5.73 Å². The number of piperidine rings is 1. The zero-order chi connectivity index (χ0) is 35.5. The van der Waals surface area contributed by atoms with E-state index in [1.165, 1.54) is 0 Å². The van der Waals surface area contributed by atoms with Gasteiger partial charge in [-0.15, -0.1) is 0 Å². The van der Waals surface area contributed by atoms with Crippen LogP contribution in [0.4, 0.5) is 4.79 Å². The molecule has 3 fully saturated rings. The molecule has 12 heteroatoms. The number of rotatable bonds is 10. The van der Waals surface area contributed by atoms with Crippen LogP contribution in [0.2, 0.25) is 0 Å². The highest BCUT2D eigenvalue weighted by molar-refractivity contribution is 6.21. The second-order valence-corrected chi connectivity index (χ2v) is 17.0. The Bertz CT molecular complexity index is 1470. The monoisotopic (exact) mass is 664 g/mol. The molecule has 0 aromatic heterocycles. The summed E-state index contributed by atoms with van der Waals surface area (Å²) in [4.78, 5) is 83.1. The lowest BCUT2D eigenvalue weighted by molar-refractivity contribution is -0.144. The van der Waals surface area contributed by atoms with Crippen LogP contribution in [0.5, 0.6) is 0 Å². The molecule has 7 amide bonds. The van der Waals surface area contributed by atoms with Gasteiger partial charge in [-0.05, 0) is 52.6 Å². The van der Waals surface area contributed by atoms with Gasteiger partial charge in [0.1, 0.15) is 18.1 Å². The third-order valence-corrected chi connectivity index (χ3v) is 11.2. The first-order chi connectivity index (χ1) is 22.2. The summed E-state index contributed by atoms with van der Waals surface area (Å²) in [6.07, 6.45) is 3.59. The van der Waals surface area contributed by atoms with E-state index >= 15 is 0 Å². The molecular weight excluding hydrogens is 612 g/mol. The summed E-state index contributed by atoms with van der Waals surface area (Å²) >= 11 is 0. The van der Waals surface area contributed by atoms with Gasteiger partial charge in [-0.1, -0.05) is 86.8 Å². The molecule has 12 nitrogen and oxygen atoms in total. The number of nitrogens with two attached hydrogens (primary N) is 1. The zero-order valence-electron chi connectivity index (χ0n) is 29.5. The molecule has 1 unspecified atom stereocenters. The highest BCUT2D eigenvalue weighted by atomic mass is 16.2. The van der Waals surface area contributed by atoms with Crippen molar-refractivity contribution in [1.29, 1.82) is 0 Å². The van der Waals surface area contributed by atoms with Crippen molar-refractivity contribution in [2.45, 2.75) is 105 Å². The average molecular weight is 665 g/mol. The van der Waals surface area contributed by atoms with E-state index in [0.29, 0.717) is 30.0 Å². The Morgan fingerprint density at radius 3 is 1.98 bits per heavy atom. The Hall–Kier alpha value is -3.96. The zero-order valence-corrected chi connectivity index (χ0v) is 29.5. The number of primary amides is 1. The third-order valence-electron chi connectivity index (χ3n) is 11.2. The van der Waals surface area contributed by atoms with E-state index in [1.54, 1.807) is 29.2 Å². The number of amides is 7. The van der Waals surface area contributed by atoms with Crippen molar-refractivity contribution in [2.75, 3.05) is 13.1 Å². The first-order valence-corrected chi connectivity index (χ1v) is 17.2. The van der Waals surface area contributed by atoms with Crippen LogP contribution in [-0.4, -0.2) is 82.6 Å². The van der Waals surface area contributed by atoms with E-state index < -0.39 is 64.7 Å². The Labute approximate surface area is 283 Å². The molecule has 1 saturated heterocycles. The third kappa shape index (κ3) is 6.67. The summed E-state index contributed by atoms with van der Waals surface area (Å²) in [6, 6.07) is 2.75. The fraction of sp³-hybridized carbons (Fsp3) is 0.667. The van der Waals surface area contributed by atoms with Crippen molar-refractivity contribution in [3.63, 3.8) is 0 Å². The number of likely N-dealkylation sites (tertiary alicyclic amines) is 1. The molecule has 0 bridgehead atoms. The Morgan fingerprint density at radius 2 is 1.50 bits per heavy atom. The van der Waals surface area contributed by atoms with E-state index in [1.807, 2.05) is 41.5 Å². The van der Waals surface area contributed by atoms with Crippen LogP contribution in [0.15, 0.2) is 24.3 Å². The number of hydrogen-bond acceptors (Lipinski definition) is 6. The molecule has 48 heavy (non-hydrogen) atoms. The van der Waals surface area contributed by atoms with Crippen LogP contribution >= 0.6 is 0 Å². The number of carbonyl (C=O) groups excluding carboxylic acids is 6. The molecule has 0 spiro atoms. The van der Waals surface area contributed by atoms with Gasteiger partial charge in [-0.25, -0.2) is 4.79 Å². The summed E-state index contributed by atoms with van der Waals surface area (Å²) < 4.78 is 0. The summed E-state index contributed by atoms with van der Waals surface area (Å²) in [7, 11) is 0. The van der Waals surface area contributed by atoms with Crippen molar-refractivity contribution >= 4 is 35.6 Å². The number of benzene rings is 1. The van der Waals surface area contributed by atoms with Crippen LogP contribution in [0.3, 0.4) is 0 Å². The maximum atomic E-state index is 14.4. The Kier molecular flexibility index (Phi) is 9.20. The van der Waals surface area contributed by atoms with Gasteiger partial charge in [0.15, 0.2) is 0 Å². The molecule has 2 heterocycles. The van der Waals surface area contributed by atoms with Crippen molar-refractivity contribution < 1.29 is 28.8 Å². The van der Waals surface area contributed by atoms with Crippen molar-refractivity contribution in [3.8, 4) is 0 Å². The fourth-order valence-corrected chi connectivity index (χ4v) is 7.65. The average Bonchev–Trinajstić information content (AvgIpc) is 3.22. The van der Waals surface area contributed by atoms with Crippen molar-refractivity contribution in [1.82, 2.24) is 25.8 Å². The molecule has 6 atom stereocenters. The van der Waals surface area contributed by atoms with Crippen LogP contribution < -0.4 is 21.7 Å². The highest BCUT2D eigenvalue weighted by Crippen LogP contribution is 2.65. The number of carbonyl (C=O) groups is 6.